The van der Waals surface area contributed by atoms with Gasteiger partial charge in [0.15, 0.2) is 4.67 Å². The molecular weight excluding hydrogens is 324 g/mol. The highest BCUT2D eigenvalue weighted by Gasteiger charge is 2.14. The molecule has 0 saturated carbocycles. The zero-order valence-electron chi connectivity index (χ0n) is 10.2. The van der Waals surface area contributed by atoms with Crippen molar-refractivity contribution in [2.24, 2.45) is 0 Å². The number of benzene rings is 1. The van der Waals surface area contributed by atoms with Crippen LogP contribution < -0.4 is 5.32 Å². The fourth-order valence-electron chi connectivity index (χ4n) is 1.76. The lowest BCUT2D eigenvalue weighted by Crippen LogP contribution is -2.13. The number of carbonyl (C=O) groups is 1. The summed E-state index contributed by atoms with van der Waals surface area (Å²) in [5.41, 5.74) is 1.80. The molecule has 0 aliphatic heterocycles. The van der Waals surface area contributed by atoms with E-state index in [-0.39, 0.29) is 5.91 Å². The first kappa shape index (κ1) is 12.6. The molecule has 0 saturated heterocycles. The van der Waals surface area contributed by atoms with Crippen LogP contribution >= 0.6 is 15.9 Å². The summed E-state index contributed by atoms with van der Waals surface area (Å²) in [7, 11) is 0. The number of amides is 1. The topological polar surface area (TPSA) is 73.0 Å². The highest BCUT2D eigenvalue weighted by Crippen LogP contribution is 2.22. The normalized spacial score (nSPS) is 10.4. The zero-order valence-corrected chi connectivity index (χ0v) is 11.7. The van der Waals surface area contributed by atoms with E-state index in [0.717, 1.165) is 5.69 Å². The minimum Gasteiger partial charge on any atom is -0.457 e. The van der Waals surface area contributed by atoms with Crippen LogP contribution in [-0.2, 0) is 0 Å². The van der Waals surface area contributed by atoms with Gasteiger partial charge in [0.25, 0.3) is 5.91 Å². The molecular formula is C13H9BrN4O2. The molecule has 3 rings (SSSR count). The quantitative estimate of drug-likeness (QED) is 0.800. The Hall–Kier alpha value is -2.41. The number of furan rings is 1. The number of nitrogens with zero attached hydrogens (tertiary/aromatic N) is 3. The van der Waals surface area contributed by atoms with E-state index in [9.17, 15) is 4.79 Å². The lowest BCUT2D eigenvalue weighted by Gasteiger charge is -2.09. The summed E-state index contributed by atoms with van der Waals surface area (Å²) in [6, 6.07) is 8.93. The fraction of sp³-hybridized carbons (Fsp3) is 0. The maximum atomic E-state index is 12.2. The second-order valence-corrected chi connectivity index (χ2v) is 4.64. The summed E-state index contributed by atoms with van der Waals surface area (Å²) >= 11 is 3.18. The first-order chi connectivity index (χ1) is 9.75. The maximum absolute atomic E-state index is 12.2. The summed E-state index contributed by atoms with van der Waals surface area (Å²) in [4.78, 5) is 16.1. The van der Waals surface area contributed by atoms with Crippen molar-refractivity contribution in [2.45, 2.75) is 0 Å². The molecule has 0 fully saturated rings. The van der Waals surface area contributed by atoms with E-state index in [2.05, 4.69) is 31.3 Å². The molecule has 0 spiro atoms. The van der Waals surface area contributed by atoms with Crippen molar-refractivity contribution in [3.63, 3.8) is 0 Å². The van der Waals surface area contributed by atoms with Crippen molar-refractivity contribution in [1.29, 1.82) is 0 Å². The average Bonchev–Trinajstić information content (AvgIpc) is 3.10. The predicted molar refractivity (Wildman–Crippen MR) is 75.7 cm³/mol. The van der Waals surface area contributed by atoms with E-state index in [1.54, 1.807) is 23.1 Å². The molecule has 1 N–H and O–H groups in total. The number of nitrogens with one attached hydrogen (secondary N) is 1. The van der Waals surface area contributed by atoms with Crippen molar-refractivity contribution in [3.8, 4) is 5.69 Å². The Morgan fingerprint density at radius 3 is 2.85 bits per heavy atom. The lowest BCUT2D eigenvalue weighted by molar-refractivity contribution is 0.102. The van der Waals surface area contributed by atoms with Crippen LogP contribution in [0.15, 0.2) is 58.3 Å². The van der Waals surface area contributed by atoms with Crippen LogP contribution in [0.1, 0.15) is 10.4 Å². The molecule has 0 radical (unpaired) electrons. The molecule has 0 atom stereocenters. The molecule has 3 aromatic rings. The van der Waals surface area contributed by atoms with Gasteiger partial charge in [-0.3, -0.25) is 4.79 Å². The van der Waals surface area contributed by atoms with Gasteiger partial charge in [0, 0.05) is 0 Å². The number of carbonyl (C=O) groups excluding carboxylic acids is 1. The van der Waals surface area contributed by atoms with Crippen LogP contribution in [-0.4, -0.2) is 20.7 Å². The number of anilines is 1. The van der Waals surface area contributed by atoms with Crippen molar-refractivity contribution in [3.05, 3.63) is 59.5 Å². The van der Waals surface area contributed by atoms with Crippen LogP contribution in [0, 0.1) is 0 Å². The van der Waals surface area contributed by atoms with Gasteiger partial charge in [0.1, 0.15) is 12.7 Å². The minimum atomic E-state index is -0.266. The highest BCUT2D eigenvalue weighted by molar-refractivity contribution is 9.10. The zero-order chi connectivity index (χ0) is 13.9. The Labute approximate surface area is 122 Å². The molecule has 2 heterocycles. The van der Waals surface area contributed by atoms with Gasteiger partial charge >= 0.3 is 0 Å². The van der Waals surface area contributed by atoms with Gasteiger partial charge in [-0.15, -0.1) is 0 Å². The number of hydrogen-bond acceptors (Lipinski definition) is 4. The SMILES string of the molecule is O=C(Nc1ccccc1-n1cncn1)c1ccoc1Br. The average molecular weight is 333 g/mol. The van der Waals surface area contributed by atoms with E-state index in [1.807, 2.05) is 18.2 Å². The number of halogens is 1. The summed E-state index contributed by atoms with van der Waals surface area (Å²) in [5.74, 6) is -0.266. The second kappa shape index (κ2) is 5.30. The van der Waals surface area contributed by atoms with Crippen LogP contribution in [0.5, 0.6) is 0 Å². The third kappa shape index (κ3) is 2.35. The third-order valence-electron chi connectivity index (χ3n) is 2.68. The maximum Gasteiger partial charge on any atom is 0.260 e. The molecule has 1 aromatic carbocycles. The van der Waals surface area contributed by atoms with Crippen LogP contribution in [0.25, 0.3) is 5.69 Å². The Bertz CT molecular complexity index is 736. The molecule has 0 unspecified atom stereocenters. The predicted octanol–water partition coefficient (Wildman–Crippen LogP) is 2.88. The monoisotopic (exact) mass is 332 g/mol. The summed E-state index contributed by atoms with van der Waals surface area (Å²) in [6.45, 7) is 0. The van der Waals surface area contributed by atoms with E-state index >= 15 is 0 Å². The molecule has 7 heteroatoms. The van der Waals surface area contributed by atoms with Crippen molar-refractivity contribution >= 4 is 27.5 Å². The Morgan fingerprint density at radius 1 is 1.30 bits per heavy atom. The Kier molecular flexibility index (Phi) is 3.34. The van der Waals surface area contributed by atoms with Crippen molar-refractivity contribution < 1.29 is 9.21 Å². The van der Waals surface area contributed by atoms with Gasteiger partial charge < -0.3 is 9.73 Å². The molecule has 0 aliphatic carbocycles. The standard InChI is InChI=1S/C13H9BrN4O2/c14-12-9(5-6-20-12)13(19)17-10-3-1-2-4-11(10)18-8-15-7-16-18/h1-8H,(H,17,19). The van der Waals surface area contributed by atoms with Gasteiger partial charge in [0.2, 0.25) is 0 Å². The van der Waals surface area contributed by atoms with Gasteiger partial charge in [-0.1, -0.05) is 12.1 Å². The van der Waals surface area contributed by atoms with Gasteiger partial charge in [-0.2, -0.15) is 5.10 Å². The van der Waals surface area contributed by atoms with E-state index in [1.165, 1.54) is 12.6 Å². The number of aromatic nitrogens is 3. The van der Waals surface area contributed by atoms with Gasteiger partial charge in [0.05, 0.1) is 23.2 Å². The fourth-order valence-corrected chi connectivity index (χ4v) is 2.18. The number of rotatable bonds is 3. The van der Waals surface area contributed by atoms with Crippen LogP contribution in [0.2, 0.25) is 0 Å². The van der Waals surface area contributed by atoms with Gasteiger partial charge in [-0.25, -0.2) is 9.67 Å². The minimum absolute atomic E-state index is 0.266. The van der Waals surface area contributed by atoms with Crippen LogP contribution in [0.3, 0.4) is 0 Å². The second-order valence-electron chi connectivity index (χ2n) is 3.92. The number of para-hydroxylation sites is 2. The van der Waals surface area contributed by atoms with Crippen molar-refractivity contribution in [1.82, 2.24) is 14.8 Å². The van der Waals surface area contributed by atoms with Gasteiger partial charge in [-0.05, 0) is 34.1 Å². The van der Waals surface area contributed by atoms with E-state index in [4.69, 9.17) is 4.42 Å². The first-order valence-corrected chi connectivity index (χ1v) is 6.53. The summed E-state index contributed by atoms with van der Waals surface area (Å²) in [6.07, 6.45) is 4.45. The highest BCUT2D eigenvalue weighted by atomic mass is 79.9. The number of hydrogen-bond donors (Lipinski definition) is 1. The summed E-state index contributed by atoms with van der Waals surface area (Å²) in [5, 5.41) is 6.89. The van der Waals surface area contributed by atoms with E-state index < -0.39 is 0 Å². The van der Waals surface area contributed by atoms with E-state index in [0.29, 0.717) is 15.9 Å². The Morgan fingerprint density at radius 2 is 2.15 bits per heavy atom. The molecule has 1 amide bonds. The molecule has 0 aliphatic rings. The van der Waals surface area contributed by atoms with Crippen LogP contribution in [0.4, 0.5) is 5.69 Å². The molecule has 2 aromatic heterocycles. The third-order valence-corrected chi connectivity index (χ3v) is 3.29. The molecule has 20 heavy (non-hydrogen) atoms. The summed E-state index contributed by atoms with van der Waals surface area (Å²) < 4.78 is 7.03. The molecule has 100 valence electrons. The largest absolute Gasteiger partial charge is 0.457 e. The Balaban J connectivity index is 1.92. The first-order valence-electron chi connectivity index (χ1n) is 5.74. The molecule has 0 bridgehead atoms. The lowest BCUT2D eigenvalue weighted by atomic mass is 10.2. The molecule has 6 nitrogen and oxygen atoms in total. The van der Waals surface area contributed by atoms with Crippen molar-refractivity contribution in [2.75, 3.05) is 5.32 Å². The smallest absolute Gasteiger partial charge is 0.260 e.